The van der Waals surface area contributed by atoms with Crippen molar-refractivity contribution in [1.29, 1.82) is 0 Å². The molecule has 6 aliphatic heterocycles. The summed E-state index contributed by atoms with van der Waals surface area (Å²) in [4.78, 5) is 41.3. The minimum absolute atomic E-state index is 0. The van der Waals surface area contributed by atoms with Gasteiger partial charge in [-0.05, 0) is 141 Å². The lowest BCUT2D eigenvalue weighted by molar-refractivity contribution is 0.0110. The van der Waals surface area contributed by atoms with Gasteiger partial charge in [-0.1, -0.05) is 18.2 Å². The van der Waals surface area contributed by atoms with Crippen LogP contribution >= 0.6 is 12.4 Å². The van der Waals surface area contributed by atoms with E-state index in [0.717, 1.165) is 134 Å². The summed E-state index contributed by atoms with van der Waals surface area (Å²) < 4.78 is 45.8. The number of nitrogens with one attached hydrogen (secondary N) is 1. The first-order valence-corrected chi connectivity index (χ1v) is 26.2. The van der Waals surface area contributed by atoms with E-state index in [1.54, 1.807) is 22.2 Å². The predicted molar refractivity (Wildman–Crippen MR) is 278 cm³/mol. The van der Waals surface area contributed by atoms with E-state index < -0.39 is 11.2 Å². The van der Waals surface area contributed by atoms with Gasteiger partial charge in [-0.25, -0.2) is 24.5 Å². The third kappa shape index (κ3) is 18.0. The molecule has 0 aromatic carbocycles. The minimum Gasteiger partial charge on any atom is -0.474 e. The van der Waals surface area contributed by atoms with E-state index in [4.69, 9.17) is 37.9 Å². The molecule has 0 aliphatic carbocycles. The molecule has 0 unspecified atom stereocenters. The van der Waals surface area contributed by atoms with Crippen LogP contribution in [0.3, 0.4) is 0 Å². The number of carbonyl (C=O) groups excluding carboxylic acids is 2. The zero-order chi connectivity index (χ0) is 50.1. The van der Waals surface area contributed by atoms with Gasteiger partial charge in [0.25, 0.3) is 0 Å². The van der Waals surface area contributed by atoms with Gasteiger partial charge in [0.05, 0.1) is 13.2 Å². The smallest absolute Gasteiger partial charge is 0.410 e. The lowest BCUT2D eigenvalue weighted by Crippen LogP contribution is -2.44. The number of ether oxygens (including phenoxy) is 8. The van der Waals surface area contributed by atoms with Crippen molar-refractivity contribution in [3.63, 3.8) is 0 Å². The second-order valence-corrected chi connectivity index (χ2v) is 21.1. The van der Waals surface area contributed by atoms with E-state index >= 15 is 0 Å². The maximum atomic E-state index is 12.2. The number of hydrogen-bond acceptors (Lipinski definition) is 14. The SMILES string of the molecule is CC(C)(C)OC(=O)N1CCC(Oc2ncccc2C2=CCOCC2)CC1.CC(C)(C)OC(=O)N1CCC(Oc2ncccc2C2CCOCC2)CC1.Cl.c1cnc(OC2CCNCC2)c(C2CCOCC2)c1. The van der Waals surface area contributed by atoms with Crippen LogP contribution in [0.2, 0.25) is 0 Å². The number of nitrogens with zero attached hydrogens (tertiary/aromatic N) is 5. The second kappa shape index (κ2) is 28.1. The first-order valence-electron chi connectivity index (χ1n) is 26.2. The number of hydrogen-bond donors (Lipinski definition) is 1. The number of amides is 2. The summed E-state index contributed by atoms with van der Waals surface area (Å²) in [7, 11) is 0. The third-order valence-electron chi connectivity index (χ3n) is 13.3. The van der Waals surface area contributed by atoms with Crippen LogP contribution in [-0.4, -0.2) is 145 Å². The van der Waals surface area contributed by atoms with Crippen LogP contribution < -0.4 is 19.5 Å². The summed E-state index contributed by atoms with van der Waals surface area (Å²) in [5, 5.41) is 3.36. The highest BCUT2D eigenvalue weighted by atomic mass is 35.5. The van der Waals surface area contributed by atoms with Gasteiger partial charge in [0.2, 0.25) is 17.6 Å². The average Bonchev–Trinajstić information content (AvgIpc) is 3.38. The molecule has 72 heavy (non-hydrogen) atoms. The standard InChI is InChI=1S/C20H30N2O4.C20H28N2O4.C15H22N2O2.ClH/c2*1-20(2,3)26-19(23)22-11-6-16(7-12-22)25-18-17(5-4-10-21-18)15-8-13-24-14-9-15;1-2-14(12-5-10-18-11-6-12)15(17-7-1)19-13-3-8-16-9-4-13;/h4-5,10,15-16H,6-9,11-14H2,1-3H3;4-5,8,10,16H,6-7,9,11-14H2,1-3H3;1-2,7,12-13,16H,3-6,8-11H2;1H. The molecule has 0 atom stereocenters. The number of rotatable bonds is 9. The van der Waals surface area contributed by atoms with Gasteiger partial charge < -0.3 is 53.0 Å². The third-order valence-corrected chi connectivity index (χ3v) is 13.3. The molecule has 3 aromatic rings. The molecule has 0 spiro atoms. The van der Waals surface area contributed by atoms with Crippen LogP contribution in [0.25, 0.3) is 5.57 Å². The Morgan fingerprint density at radius 2 is 0.972 bits per heavy atom. The molecule has 0 radical (unpaired) electrons. The Kier molecular flexibility index (Phi) is 22.1. The Hall–Kier alpha value is -4.74. The molecule has 17 heteroatoms. The van der Waals surface area contributed by atoms with E-state index in [0.29, 0.717) is 56.6 Å². The molecule has 6 aliphatic rings. The zero-order valence-electron chi connectivity index (χ0n) is 43.7. The molecular formula is C55H81ClN6O10. The fraction of sp³-hybridized carbons (Fsp3) is 0.655. The molecule has 1 N–H and O–H groups in total. The largest absolute Gasteiger partial charge is 0.474 e. The summed E-state index contributed by atoms with van der Waals surface area (Å²) in [6, 6.07) is 12.3. The van der Waals surface area contributed by atoms with Crippen LogP contribution in [0.1, 0.15) is 141 Å². The van der Waals surface area contributed by atoms with Gasteiger partial charge in [0, 0.05) is 114 Å². The fourth-order valence-corrected chi connectivity index (χ4v) is 9.50. The summed E-state index contributed by atoms with van der Waals surface area (Å²) >= 11 is 0. The fourth-order valence-electron chi connectivity index (χ4n) is 9.50. The lowest BCUT2D eigenvalue weighted by atomic mass is 9.92. The van der Waals surface area contributed by atoms with Crippen LogP contribution in [0, 0.1) is 0 Å². The van der Waals surface area contributed by atoms with Crippen molar-refractivity contribution >= 4 is 30.2 Å². The van der Waals surface area contributed by atoms with E-state index in [2.05, 4.69) is 44.5 Å². The van der Waals surface area contributed by atoms with Crippen molar-refractivity contribution in [2.45, 2.75) is 154 Å². The van der Waals surface area contributed by atoms with Crippen molar-refractivity contribution in [1.82, 2.24) is 30.1 Å². The molecule has 9 rings (SSSR count). The Morgan fingerprint density at radius 3 is 1.40 bits per heavy atom. The molecule has 3 aromatic heterocycles. The maximum Gasteiger partial charge on any atom is 0.410 e. The molecule has 5 saturated heterocycles. The van der Waals surface area contributed by atoms with Crippen molar-refractivity contribution in [2.75, 3.05) is 78.9 Å². The van der Waals surface area contributed by atoms with Gasteiger partial charge in [-0.3, -0.25) is 0 Å². The van der Waals surface area contributed by atoms with Crippen LogP contribution in [0.15, 0.2) is 61.1 Å². The highest BCUT2D eigenvalue weighted by molar-refractivity contribution is 5.85. The summed E-state index contributed by atoms with van der Waals surface area (Å²) in [5.41, 5.74) is 3.80. The van der Waals surface area contributed by atoms with Crippen LogP contribution in [0.5, 0.6) is 17.6 Å². The number of pyridine rings is 3. The van der Waals surface area contributed by atoms with Crippen molar-refractivity contribution in [2.24, 2.45) is 0 Å². The molecule has 16 nitrogen and oxygen atoms in total. The zero-order valence-corrected chi connectivity index (χ0v) is 44.5. The van der Waals surface area contributed by atoms with Crippen molar-refractivity contribution in [3.05, 3.63) is 77.8 Å². The predicted octanol–water partition coefficient (Wildman–Crippen LogP) is 9.95. The van der Waals surface area contributed by atoms with E-state index in [-0.39, 0.29) is 36.8 Å². The van der Waals surface area contributed by atoms with Gasteiger partial charge in [0.15, 0.2) is 0 Å². The normalized spacial score (nSPS) is 20.0. The second-order valence-electron chi connectivity index (χ2n) is 21.1. The average molecular weight is 1020 g/mol. The van der Waals surface area contributed by atoms with Gasteiger partial charge in [-0.15, -0.1) is 12.4 Å². The van der Waals surface area contributed by atoms with Gasteiger partial charge in [-0.2, -0.15) is 0 Å². The molecular weight excluding hydrogens is 940 g/mol. The van der Waals surface area contributed by atoms with Crippen LogP contribution in [0.4, 0.5) is 9.59 Å². The molecule has 2 amide bonds. The first kappa shape index (κ1) is 56.6. The Bertz CT molecular complexity index is 2140. The van der Waals surface area contributed by atoms with Gasteiger partial charge >= 0.3 is 12.2 Å². The number of halogens is 1. The van der Waals surface area contributed by atoms with Gasteiger partial charge in [0.1, 0.15) is 29.5 Å². The number of aromatic nitrogens is 3. The number of piperidine rings is 3. The number of likely N-dealkylation sites (tertiary alicyclic amines) is 2. The molecule has 398 valence electrons. The summed E-state index contributed by atoms with van der Waals surface area (Å²) in [5.74, 6) is 3.27. The van der Waals surface area contributed by atoms with E-state index in [1.807, 2.05) is 65.9 Å². The highest BCUT2D eigenvalue weighted by Crippen LogP contribution is 2.35. The maximum absolute atomic E-state index is 12.2. The first-order chi connectivity index (χ1) is 34.3. The molecule has 5 fully saturated rings. The Labute approximate surface area is 434 Å². The summed E-state index contributed by atoms with van der Waals surface area (Å²) in [6.07, 6.45) is 17.8. The van der Waals surface area contributed by atoms with Crippen molar-refractivity contribution < 1.29 is 47.5 Å². The monoisotopic (exact) mass is 1020 g/mol. The Balaban J connectivity index is 0.000000177. The van der Waals surface area contributed by atoms with Crippen molar-refractivity contribution in [3.8, 4) is 17.6 Å². The van der Waals surface area contributed by atoms with E-state index in [1.165, 1.54) is 16.7 Å². The minimum atomic E-state index is -0.468. The quantitative estimate of drug-likeness (QED) is 0.215. The molecule has 0 bridgehead atoms. The summed E-state index contributed by atoms with van der Waals surface area (Å²) in [6.45, 7) is 20.7. The Morgan fingerprint density at radius 1 is 0.556 bits per heavy atom. The highest BCUT2D eigenvalue weighted by Gasteiger charge is 2.31. The van der Waals surface area contributed by atoms with Crippen LogP contribution in [-0.2, 0) is 23.7 Å². The van der Waals surface area contributed by atoms with E-state index in [9.17, 15) is 9.59 Å². The topological polar surface area (TPSA) is 165 Å². The lowest BCUT2D eigenvalue weighted by Gasteiger charge is -2.34. The number of carbonyl (C=O) groups is 2. The molecule has 9 heterocycles. The molecule has 0 saturated carbocycles.